The normalized spacial score (nSPS) is 21.1. The summed E-state index contributed by atoms with van der Waals surface area (Å²) >= 11 is 0. The van der Waals surface area contributed by atoms with E-state index in [0.717, 1.165) is 62.9 Å². The molecule has 1 fully saturated rings. The number of piperazine rings is 1. The molecule has 1 amide bonds. The smallest absolute Gasteiger partial charge is 0.226 e. The summed E-state index contributed by atoms with van der Waals surface area (Å²) in [5.41, 5.74) is 3.58. The molecular weight excluding hydrogens is 305 g/mol. The molecule has 24 heavy (non-hydrogen) atoms. The van der Waals surface area contributed by atoms with Crippen molar-refractivity contribution >= 4 is 16.8 Å². The third-order valence-corrected chi connectivity index (χ3v) is 5.52. The van der Waals surface area contributed by atoms with Crippen molar-refractivity contribution in [2.75, 3.05) is 26.2 Å². The van der Waals surface area contributed by atoms with Crippen molar-refractivity contribution in [2.45, 2.75) is 32.7 Å². The number of fused-ring (bicyclic) bond motifs is 3. The van der Waals surface area contributed by atoms with Crippen LogP contribution in [0.5, 0.6) is 0 Å². The van der Waals surface area contributed by atoms with Gasteiger partial charge in [-0.25, -0.2) is 4.39 Å². The van der Waals surface area contributed by atoms with Crippen LogP contribution in [0.1, 0.15) is 24.6 Å². The van der Waals surface area contributed by atoms with Gasteiger partial charge in [-0.2, -0.15) is 0 Å². The minimum Gasteiger partial charge on any atom is -0.345 e. The van der Waals surface area contributed by atoms with E-state index in [4.69, 9.17) is 0 Å². The highest BCUT2D eigenvalue weighted by Gasteiger charge is 2.32. The molecule has 1 aliphatic heterocycles. The second-order valence-corrected chi connectivity index (χ2v) is 6.85. The predicted octanol–water partition coefficient (Wildman–Crippen LogP) is 2.34. The third kappa shape index (κ3) is 2.51. The van der Waals surface area contributed by atoms with Crippen LogP contribution in [0.3, 0.4) is 0 Å². The van der Waals surface area contributed by atoms with Crippen LogP contribution >= 0.6 is 0 Å². The lowest BCUT2D eigenvalue weighted by molar-refractivity contribution is -0.136. The van der Waals surface area contributed by atoms with Crippen LogP contribution < -0.4 is 5.32 Å². The summed E-state index contributed by atoms with van der Waals surface area (Å²) in [6.07, 6.45) is 2.54. The lowest BCUT2D eigenvalue weighted by atomic mass is 9.85. The van der Waals surface area contributed by atoms with Gasteiger partial charge >= 0.3 is 0 Å². The molecule has 1 aromatic heterocycles. The Bertz CT molecular complexity index is 777. The maximum atomic E-state index is 13.8. The Hall–Kier alpha value is -1.88. The summed E-state index contributed by atoms with van der Waals surface area (Å²) in [6, 6.07) is 5.04. The highest BCUT2D eigenvalue weighted by Crippen LogP contribution is 2.35. The van der Waals surface area contributed by atoms with Gasteiger partial charge < -0.3 is 14.8 Å². The standard InChI is InChI=1S/C19H24FN3O/c1-2-23-17-5-3-13(19(24)22-9-7-21-8-10-22)11-15(17)16-12-14(20)4-6-18(16)23/h4,6,12-13,21H,2-3,5,7-11H2,1H3. The Labute approximate surface area is 141 Å². The van der Waals surface area contributed by atoms with E-state index < -0.39 is 0 Å². The van der Waals surface area contributed by atoms with Crippen LogP contribution in [0.2, 0.25) is 0 Å². The molecule has 1 N–H and O–H groups in total. The van der Waals surface area contributed by atoms with Crippen LogP contribution in [-0.2, 0) is 24.2 Å². The number of aryl methyl sites for hydroxylation is 1. The molecule has 0 saturated carbocycles. The third-order valence-electron chi connectivity index (χ3n) is 5.52. The maximum Gasteiger partial charge on any atom is 0.226 e. The molecule has 2 heterocycles. The van der Waals surface area contributed by atoms with Crippen LogP contribution in [-0.4, -0.2) is 41.6 Å². The van der Waals surface area contributed by atoms with Gasteiger partial charge in [0.15, 0.2) is 0 Å². The monoisotopic (exact) mass is 329 g/mol. The fourth-order valence-corrected chi connectivity index (χ4v) is 4.34. The molecule has 1 unspecified atom stereocenters. The van der Waals surface area contributed by atoms with Gasteiger partial charge in [0.1, 0.15) is 5.82 Å². The van der Waals surface area contributed by atoms with Crippen molar-refractivity contribution in [3.63, 3.8) is 0 Å². The highest BCUT2D eigenvalue weighted by atomic mass is 19.1. The molecule has 0 radical (unpaired) electrons. The highest BCUT2D eigenvalue weighted by molar-refractivity contribution is 5.88. The number of hydrogen-bond acceptors (Lipinski definition) is 2. The molecule has 4 rings (SSSR count). The number of carbonyl (C=O) groups is 1. The number of benzene rings is 1. The van der Waals surface area contributed by atoms with Gasteiger partial charge in [-0.15, -0.1) is 0 Å². The van der Waals surface area contributed by atoms with Crippen molar-refractivity contribution in [2.24, 2.45) is 5.92 Å². The summed E-state index contributed by atoms with van der Waals surface area (Å²) in [7, 11) is 0. The predicted molar refractivity (Wildman–Crippen MR) is 92.5 cm³/mol. The van der Waals surface area contributed by atoms with Gasteiger partial charge in [0.05, 0.1) is 0 Å². The molecule has 128 valence electrons. The lowest BCUT2D eigenvalue weighted by Crippen LogP contribution is -2.49. The Kier molecular flexibility index (Phi) is 4.04. The second kappa shape index (κ2) is 6.20. The second-order valence-electron chi connectivity index (χ2n) is 6.85. The minimum atomic E-state index is -0.200. The summed E-state index contributed by atoms with van der Waals surface area (Å²) in [4.78, 5) is 14.9. The number of nitrogens with one attached hydrogen (secondary N) is 1. The summed E-state index contributed by atoms with van der Waals surface area (Å²) in [5.74, 6) is 0.111. The molecule has 2 aromatic rings. The minimum absolute atomic E-state index is 0.0368. The number of rotatable bonds is 2. The van der Waals surface area contributed by atoms with Gasteiger partial charge in [0, 0.05) is 55.2 Å². The summed E-state index contributed by atoms with van der Waals surface area (Å²) in [5, 5.41) is 4.28. The maximum absolute atomic E-state index is 13.8. The van der Waals surface area contributed by atoms with Crippen molar-refractivity contribution in [3.05, 3.63) is 35.3 Å². The summed E-state index contributed by atoms with van der Waals surface area (Å²) < 4.78 is 16.1. The fraction of sp³-hybridized carbons (Fsp3) is 0.526. The number of halogens is 1. The number of hydrogen-bond donors (Lipinski definition) is 1. The number of amides is 1. The Morgan fingerprint density at radius 2 is 2.12 bits per heavy atom. The molecular formula is C19H24FN3O. The molecule has 5 heteroatoms. The van der Waals surface area contributed by atoms with E-state index in [1.165, 1.54) is 17.3 Å². The lowest BCUT2D eigenvalue weighted by Gasteiger charge is -2.32. The topological polar surface area (TPSA) is 37.3 Å². The SMILES string of the molecule is CCn1c2c(c3cc(F)ccc31)CC(C(=O)N1CCNCC1)CC2. The molecule has 4 nitrogen and oxygen atoms in total. The Morgan fingerprint density at radius 1 is 1.33 bits per heavy atom. The average molecular weight is 329 g/mol. The zero-order chi connectivity index (χ0) is 16.7. The fourth-order valence-electron chi connectivity index (χ4n) is 4.34. The van der Waals surface area contributed by atoms with Gasteiger partial charge in [-0.05, 0) is 49.9 Å². The largest absolute Gasteiger partial charge is 0.345 e. The van der Waals surface area contributed by atoms with Crippen LogP contribution in [0.15, 0.2) is 18.2 Å². The van der Waals surface area contributed by atoms with E-state index in [1.807, 2.05) is 11.0 Å². The first-order valence-electron chi connectivity index (χ1n) is 8.98. The van der Waals surface area contributed by atoms with Crippen molar-refractivity contribution in [1.82, 2.24) is 14.8 Å². The molecule has 0 spiro atoms. The first kappa shape index (κ1) is 15.6. The molecule has 1 aromatic carbocycles. The van der Waals surface area contributed by atoms with Gasteiger partial charge in [-0.1, -0.05) is 0 Å². The number of nitrogens with zero attached hydrogens (tertiary/aromatic N) is 2. The molecule has 2 aliphatic rings. The summed E-state index contributed by atoms with van der Waals surface area (Å²) in [6.45, 7) is 6.37. The molecule has 1 aliphatic carbocycles. The van der Waals surface area contributed by atoms with Crippen LogP contribution in [0.4, 0.5) is 4.39 Å². The van der Waals surface area contributed by atoms with Crippen molar-refractivity contribution in [1.29, 1.82) is 0 Å². The zero-order valence-electron chi connectivity index (χ0n) is 14.1. The van der Waals surface area contributed by atoms with E-state index in [-0.39, 0.29) is 17.6 Å². The van der Waals surface area contributed by atoms with Crippen LogP contribution in [0, 0.1) is 11.7 Å². The molecule has 1 saturated heterocycles. The van der Waals surface area contributed by atoms with Gasteiger partial charge in [-0.3, -0.25) is 4.79 Å². The first-order valence-corrected chi connectivity index (χ1v) is 8.98. The number of carbonyl (C=O) groups excluding carboxylic acids is 1. The molecule has 0 bridgehead atoms. The van der Waals surface area contributed by atoms with E-state index in [9.17, 15) is 9.18 Å². The zero-order valence-corrected chi connectivity index (χ0v) is 14.1. The Balaban J connectivity index is 1.68. The van der Waals surface area contributed by atoms with Gasteiger partial charge in [0.2, 0.25) is 5.91 Å². The molecule has 1 atom stereocenters. The quantitative estimate of drug-likeness (QED) is 0.918. The van der Waals surface area contributed by atoms with E-state index >= 15 is 0 Å². The average Bonchev–Trinajstić information content (AvgIpc) is 2.94. The Morgan fingerprint density at radius 3 is 2.88 bits per heavy atom. The van der Waals surface area contributed by atoms with Crippen molar-refractivity contribution in [3.8, 4) is 0 Å². The number of aromatic nitrogens is 1. The van der Waals surface area contributed by atoms with Crippen LogP contribution in [0.25, 0.3) is 10.9 Å². The van der Waals surface area contributed by atoms with Gasteiger partial charge in [0.25, 0.3) is 0 Å². The van der Waals surface area contributed by atoms with E-state index in [2.05, 4.69) is 16.8 Å². The van der Waals surface area contributed by atoms with Crippen molar-refractivity contribution < 1.29 is 9.18 Å². The van der Waals surface area contributed by atoms with E-state index in [1.54, 1.807) is 6.07 Å². The van der Waals surface area contributed by atoms with E-state index in [0.29, 0.717) is 0 Å². The first-order chi connectivity index (χ1) is 11.7.